The second kappa shape index (κ2) is 11.4. The quantitative estimate of drug-likeness (QED) is 0.142. The third-order valence-corrected chi connectivity index (χ3v) is 9.65. The van der Waals surface area contributed by atoms with E-state index in [1.54, 1.807) is 0 Å². The van der Waals surface area contributed by atoms with Gasteiger partial charge >= 0.3 is 0 Å². The van der Waals surface area contributed by atoms with Gasteiger partial charge in [0.25, 0.3) is 0 Å². The fourth-order valence-corrected chi connectivity index (χ4v) is 7.56. The molecule has 0 unspecified atom stereocenters. The van der Waals surface area contributed by atoms with Crippen molar-refractivity contribution in [1.82, 2.24) is 4.57 Å². The van der Waals surface area contributed by atoms with Crippen molar-refractivity contribution in [2.75, 3.05) is 0 Å². The van der Waals surface area contributed by atoms with Crippen LogP contribution in [-0.4, -0.2) is 4.57 Å². The minimum absolute atomic E-state index is 0.506. The van der Waals surface area contributed by atoms with Gasteiger partial charge in [-0.2, -0.15) is 5.26 Å². The van der Waals surface area contributed by atoms with Crippen LogP contribution in [0.25, 0.3) is 87.3 Å². The molecule has 9 aromatic rings. The van der Waals surface area contributed by atoms with E-state index in [-0.39, 0.29) is 0 Å². The normalized spacial score (nSPS) is 11.2. The summed E-state index contributed by atoms with van der Waals surface area (Å²) >= 11 is 0. The van der Waals surface area contributed by atoms with E-state index < -0.39 is 0 Å². The van der Waals surface area contributed by atoms with Crippen LogP contribution in [0, 0.1) is 17.9 Å². The number of para-hydroxylation sites is 2. The number of aromatic nitrogens is 1. The van der Waals surface area contributed by atoms with Crippen LogP contribution in [0.5, 0.6) is 0 Å². The lowest BCUT2D eigenvalue weighted by Gasteiger charge is -2.18. The molecule has 1 aromatic heterocycles. The molecule has 0 aliphatic heterocycles. The van der Waals surface area contributed by atoms with Crippen molar-refractivity contribution in [1.29, 1.82) is 5.26 Å². The Kier molecular flexibility index (Phi) is 6.58. The number of hydrogen-bond donors (Lipinski definition) is 0. The predicted molar refractivity (Wildman–Crippen MR) is 203 cm³/mol. The summed E-state index contributed by atoms with van der Waals surface area (Å²) in [5, 5.41) is 17.5. The van der Waals surface area contributed by atoms with Gasteiger partial charge in [0.05, 0.1) is 29.2 Å². The van der Waals surface area contributed by atoms with Gasteiger partial charge in [0, 0.05) is 16.5 Å². The van der Waals surface area contributed by atoms with Gasteiger partial charge < -0.3 is 4.57 Å². The molecular weight excluding hydrogens is 595 g/mol. The molecule has 3 nitrogen and oxygen atoms in total. The molecule has 0 aliphatic carbocycles. The third kappa shape index (κ3) is 4.42. The Morgan fingerprint density at radius 2 is 0.959 bits per heavy atom. The van der Waals surface area contributed by atoms with Crippen LogP contribution < -0.4 is 0 Å². The Bertz CT molecular complexity index is 2740. The third-order valence-electron chi connectivity index (χ3n) is 9.65. The molecule has 0 spiro atoms. The smallest absolute Gasteiger partial charge is 0.197 e. The zero-order valence-corrected chi connectivity index (χ0v) is 26.4. The van der Waals surface area contributed by atoms with Crippen molar-refractivity contribution < 1.29 is 0 Å². The maximum Gasteiger partial charge on any atom is 0.197 e. The van der Waals surface area contributed by atoms with Gasteiger partial charge in [-0.05, 0) is 85.3 Å². The first-order chi connectivity index (χ1) is 24.2. The Hall–Kier alpha value is -6.94. The molecule has 0 aliphatic rings. The zero-order valence-electron chi connectivity index (χ0n) is 26.4. The molecule has 9 rings (SSSR count). The van der Waals surface area contributed by atoms with E-state index in [4.69, 9.17) is 6.57 Å². The number of rotatable bonds is 4. The summed E-state index contributed by atoms with van der Waals surface area (Å²) in [5.74, 6) is 0. The fraction of sp³-hybridized carbons (Fsp3) is 0. The standard InChI is InChI=1S/C46H27N3/c1-48-42-28-33(49-43-21-11-9-15-36(43)37-16-10-12-22-44(37)49)24-26-35(42)34-25-23-31(27-32(34)29-47)46-40-19-7-5-17-38(40)45(30-13-3-2-4-14-30)39-18-6-8-20-41(39)46/h2-28H. The van der Waals surface area contributed by atoms with Crippen molar-refractivity contribution in [3.8, 4) is 45.1 Å². The molecule has 0 saturated carbocycles. The monoisotopic (exact) mass is 621 g/mol. The molecule has 49 heavy (non-hydrogen) atoms. The Balaban J connectivity index is 1.22. The molecule has 0 saturated heterocycles. The lowest BCUT2D eigenvalue weighted by atomic mass is 9.85. The molecule has 0 atom stereocenters. The lowest BCUT2D eigenvalue weighted by Crippen LogP contribution is -1.95. The second-order valence-corrected chi connectivity index (χ2v) is 12.3. The SMILES string of the molecule is [C-]#[N+]c1cc(-n2c3ccccc3c3ccccc32)ccc1-c1ccc(-c2c3ccccc3c(-c3ccccc3)c3ccccc23)cc1C#N. The molecule has 0 fully saturated rings. The van der Waals surface area contributed by atoms with E-state index in [1.165, 1.54) is 32.7 Å². The van der Waals surface area contributed by atoms with Gasteiger partial charge in [0.1, 0.15) is 0 Å². The molecule has 0 radical (unpaired) electrons. The highest BCUT2D eigenvalue weighted by Crippen LogP contribution is 2.45. The van der Waals surface area contributed by atoms with Gasteiger partial charge in [0.2, 0.25) is 0 Å². The molecule has 3 heteroatoms. The van der Waals surface area contributed by atoms with Crippen LogP contribution in [0.15, 0.2) is 164 Å². The minimum atomic E-state index is 0.506. The Morgan fingerprint density at radius 1 is 0.469 bits per heavy atom. The van der Waals surface area contributed by atoms with Crippen LogP contribution in [0.1, 0.15) is 5.56 Å². The van der Waals surface area contributed by atoms with Crippen LogP contribution in [-0.2, 0) is 0 Å². The number of benzene rings is 8. The summed E-state index contributed by atoms with van der Waals surface area (Å²) in [6.45, 7) is 8.19. The largest absolute Gasteiger partial charge is 0.311 e. The summed E-state index contributed by atoms with van der Waals surface area (Å²) in [6.07, 6.45) is 0. The Labute approximate surface area is 284 Å². The van der Waals surface area contributed by atoms with Gasteiger partial charge in [-0.15, -0.1) is 0 Å². The fourth-order valence-electron chi connectivity index (χ4n) is 7.56. The van der Waals surface area contributed by atoms with E-state index in [0.717, 1.165) is 49.7 Å². The highest BCUT2D eigenvalue weighted by Gasteiger charge is 2.19. The van der Waals surface area contributed by atoms with Crippen LogP contribution in [0.2, 0.25) is 0 Å². The van der Waals surface area contributed by atoms with E-state index in [1.807, 2.05) is 42.5 Å². The van der Waals surface area contributed by atoms with E-state index in [0.29, 0.717) is 11.3 Å². The molecule has 0 N–H and O–H groups in total. The summed E-state index contributed by atoms with van der Waals surface area (Å²) in [7, 11) is 0. The van der Waals surface area contributed by atoms with Crippen LogP contribution in [0.4, 0.5) is 5.69 Å². The van der Waals surface area contributed by atoms with E-state index in [9.17, 15) is 5.26 Å². The summed E-state index contributed by atoms with van der Waals surface area (Å²) < 4.78 is 2.22. The predicted octanol–water partition coefficient (Wildman–Crippen LogP) is 12.5. The highest BCUT2D eigenvalue weighted by molar-refractivity contribution is 6.21. The molecule has 0 bridgehead atoms. The van der Waals surface area contributed by atoms with Crippen molar-refractivity contribution in [2.24, 2.45) is 0 Å². The van der Waals surface area contributed by atoms with E-state index in [2.05, 4.69) is 137 Å². The van der Waals surface area contributed by atoms with Gasteiger partial charge in [0.15, 0.2) is 5.69 Å². The zero-order chi connectivity index (χ0) is 32.9. The first-order valence-electron chi connectivity index (χ1n) is 16.3. The summed E-state index contributed by atoms with van der Waals surface area (Å²) in [6, 6.07) is 58.9. The second-order valence-electron chi connectivity index (χ2n) is 12.3. The number of hydrogen-bond acceptors (Lipinski definition) is 1. The first-order valence-corrected chi connectivity index (χ1v) is 16.3. The topological polar surface area (TPSA) is 33.1 Å². The van der Waals surface area contributed by atoms with Crippen molar-refractivity contribution in [3.63, 3.8) is 0 Å². The lowest BCUT2D eigenvalue weighted by molar-refractivity contribution is 1.18. The summed E-state index contributed by atoms with van der Waals surface area (Å²) in [5.41, 5.74) is 10.1. The van der Waals surface area contributed by atoms with Gasteiger partial charge in [-0.3, -0.25) is 0 Å². The Morgan fingerprint density at radius 3 is 1.51 bits per heavy atom. The van der Waals surface area contributed by atoms with Crippen molar-refractivity contribution in [2.45, 2.75) is 0 Å². The van der Waals surface area contributed by atoms with Crippen LogP contribution in [0.3, 0.4) is 0 Å². The van der Waals surface area contributed by atoms with Gasteiger partial charge in [-0.1, -0.05) is 133 Å². The van der Waals surface area contributed by atoms with Crippen LogP contribution >= 0.6 is 0 Å². The average molecular weight is 622 g/mol. The molecule has 1 heterocycles. The highest BCUT2D eigenvalue weighted by atomic mass is 15.0. The number of fused-ring (bicyclic) bond motifs is 5. The maximum atomic E-state index is 10.5. The molecule has 226 valence electrons. The molecule has 0 amide bonds. The summed E-state index contributed by atoms with van der Waals surface area (Å²) in [4.78, 5) is 3.98. The first kappa shape index (κ1) is 28.3. The average Bonchev–Trinajstić information content (AvgIpc) is 3.51. The van der Waals surface area contributed by atoms with Crippen molar-refractivity contribution >= 4 is 49.0 Å². The van der Waals surface area contributed by atoms with E-state index >= 15 is 0 Å². The van der Waals surface area contributed by atoms with Gasteiger partial charge in [-0.25, -0.2) is 4.85 Å². The molecule has 8 aromatic carbocycles. The maximum absolute atomic E-state index is 10.5. The molecular formula is C46H27N3. The van der Waals surface area contributed by atoms with Crippen molar-refractivity contribution in [3.05, 3.63) is 181 Å². The number of nitrogens with zero attached hydrogens (tertiary/aromatic N) is 3. The number of nitriles is 1. The minimum Gasteiger partial charge on any atom is -0.311 e.